The summed E-state index contributed by atoms with van der Waals surface area (Å²) in [6.45, 7) is 0. The molecule has 13 heteroatoms. The second kappa shape index (κ2) is 8.97. The maximum Gasteiger partial charge on any atom is 0.416 e. The minimum absolute atomic E-state index is 0.00236. The molecular formula is C21H13F6N5OS. The van der Waals surface area contributed by atoms with Gasteiger partial charge >= 0.3 is 12.4 Å². The number of halogens is 6. The van der Waals surface area contributed by atoms with Crippen molar-refractivity contribution in [3.63, 3.8) is 0 Å². The molecule has 0 unspecified atom stereocenters. The van der Waals surface area contributed by atoms with Gasteiger partial charge in [0.1, 0.15) is 11.4 Å². The van der Waals surface area contributed by atoms with E-state index in [1.54, 1.807) is 18.3 Å². The van der Waals surface area contributed by atoms with Crippen molar-refractivity contribution in [1.29, 1.82) is 0 Å². The third-order valence-electron chi connectivity index (χ3n) is 4.62. The number of carbonyl (C=O) groups excluding carboxylic acids is 1. The van der Waals surface area contributed by atoms with Crippen molar-refractivity contribution >= 4 is 34.4 Å². The molecule has 0 saturated heterocycles. The monoisotopic (exact) mass is 497 g/mol. The van der Waals surface area contributed by atoms with Crippen molar-refractivity contribution in [2.75, 3.05) is 5.32 Å². The van der Waals surface area contributed by atoms with E-state index < -0.39 is 35.1 Å². The molecule has 2 heterocycles. The first kappa shape index (κ1) is 23.5. The van der Waals surface area contributed by atoms with E-state index in [1.165, 1.54) is 30.2 Å². The van der Waals surface area contributed by atoms with Gasteiger partial charge in [-0.3, -0.25) is 9.89 Å². The highest BCUT2D eigenvalue weighted by Crippen LogP contribution is 2.37. The summed E-state index contributed by atoms with van der Waals surface area (Å²) in [5, 5.41) is 10.1. The van der Waals surface area contributed by atoms with E-state index in [-0.39, 0.29) is 11.6 Å². The average Bonchev–Trinajstić information content (AvgIpc) is 3.26. The fraction of sp³-hybridized carbons (Fsp3) is 0.143. The number of benzene rings is 2. The number of nitrogens with one attached hydrogen (secondary N) is 2. The molecule has 1 amide bonds. The fourth-order valence-electron chi connectivity index (χ4n) is 3.04. The number of hydrogen-bond acceptors (Lipinski definition) is 5. The van der Waals surface area contributed by atoms with Gasteiger partial charge in [-0.1, -0.05) is 12.1 Å². The number of aromatic nitrogens is 4. The topological polar surface area (TPSA) is 83.6 Å². The maximum absolute atomic E-state index is 13.1. The average molecular weight is 497 g/mol. The zero-order valence-electron chi connectivity index (χ0n) is 16.8. The fourth-order valence-corrected chi connectivity index (χ4v) is 3.95. The number of alkyl halides is 6. The number of rotatable bonds is 5. The number of H-pyrrole nitrogens is 1. The van der Waals surface area contributed by atoms with Gasteiger partial charge in [0.25, 0.3) is 5.91 Å². The number of anilines is 1. The normalized spacial score (nSPS) is 12.2. The van der Waals surface area contributed by atoms with Crippen molar-refractivity contribution in [3.8, 4) is 0 Å². The van der Waals surface area contributed by atoms with Gasteiger partial charge in [-0.2, -0.15) is 31.4 Å². The predicted octanol–water partition coefficient (Wildman–Crippen LogP) is 5.94. The summed E-state index contributed by atoms with van der Waals surface area (Å²) in [5.74, 6) is -0.459. The molecule has 0 saturated carbocycles. The highest BCUT2D eigenvalue weighted by molar-refractivity contribution is 7.98. The van der Waals surface area contributed by atoms with Crippen LogP contribution < -0.4 is 5.32 Å². The lowest BCUT2D eigenvalue weighted by atomic mass is 10.1. The molecule has 0 fully saturated rings. The van der Waals surface area contributed by atoms with Gasteiger partial charge < -0.3 is 5.32 Å². The van der Waals surface area contributed by atoms with Crippen molar-refractivity contribution < 1.29 is 31.1 Å². The molecule has 0 aliphatic carbocycles. The zero-order valence-corrected chi connectivity index (χ0v) is 17.6. The van der Waals surface area contributed by atoms with Crippen molar-refractivity contribution in [3.05, 3.63) is 77.2 Å². The Bertz CT molecular complexity index is 1320. The zero-order chi connectivity index (χ0) is 24.5. The van der Waals surface area contributed by atoms with Crippen LogP contribution in [0.4, 0.5) is 32.0 Å². The van der Waals surface area contributed by atoms with Crippen LogP contribution in [0, 0.1) is 0 Å². The predicted molar refractivity (Wildman–Crippen MR) is 112 cm³/mol. The molecule has 0 radical (unpaired) electrons. The first-order valence-corrected chi connectivity index (χ1v) is 10.5. The number of aromatic amines is 1. The Morgan fingerprint density at radius 3 is 2.35 bits per heavy atom. The van der Waals surface area contributed by atoms with Crippen LogP contribution in [-0.4, -0.2) is 26.1 Å². The van der Waals surface area contributed by atoms with Crippen LogP contribution in [0.15, 0.2) is 60.0 Å². The molecule has 0 aliphatic rings. The summed E-state index contributed by atoms with van der Waals surface area (Å²) in [6, 6.07) is 7.10. The second-order valence-electron chi connectivity index (χ2n) is 7.05. The number of thioether (sulfide) groups is 1. The van der Waals surface area contributed by atoms with Gasteiger partial charge in [0, 0.05) is 17.0 Å². The third-order valence-corrected chi connectivity index (χ3v) is 5.70. The minimum Gasteiger partial charge on any atom is -0.322 e. The lowest BCUT2D eigenvalue weighted by Gasteiger charge is -2.15. The van der Waals surface area contributed by atoms with E-state index in [4.69, 9.17) is 0 Å². The van der Waals surface area contributed by atoms with E-state index in [0.29, 0.717) is 39.5 Å². The van der Waals surface area contributed by atoms with Gasteiger partial charge in [0.15, 0.2) is 5.65 Å². The van der Waals surface area contributed by atoms with Crippen molar-refractivity contribution in [1.82, 2.24) is 20.2 Å². The molecule has 2 N–H and O–H groups in total. The summed E-state index contributed by atoms with van der Waals surface area (Å²) in [5.41, 5.74) is -2.33. The molecular weight excluding hydrogens is 484 g/mol. The lowest BCUT2D eigenvalue weighted by molar-refractivity contribution is -0.143. The van der Waals surface area contributed by atoms with Gasteiger partial charge in [-0.15, -0.1) is 11.8 Å². The van der Waals surface area contributed by atoms with Crippen molar-refractivity contribution in [2.24, 2.45) is 0 Å². The summed E-state index contributed by atoms with van der Waals surface area (Å²) in [7, 11) is 0. The molecule has 34 heavy (non-hydrogen) atoms. The maximum atomic E-state index is 13.1. The Balaban J connectivity index is 1.53. The second-order valence-corrected chi connectivity index (χ2v) is 8.01. The van der Waals surface area contributed by atoms with Crippen LogP contribution in [0.2, 0.25) is 0 Å². The highest BCUT2D eigenvalue weighted by atomic mass is 32.2. The minimum atomic E-state index is -5.01. The summed E-state index contributed by atoms with van der Waals surface area (Å²) < 4.78 is 78.3. The molecule has 0 bridgehead atoms. The van der Waals surface area contributed by atoms with E-state index in [9.17, 15) is 31.1 Å². The molecule has 176 valence electrons. The lowest BCUT2D eigenvalue weighted by Crippen LogP contribution is -2.16. The number of carbonyl (C=O) groups is 1. The third kappa shape index (κ3) is 5.30. The SMILES string of the molecule is O=C(Nc1cc(C(F)(F)F)cc(C(F)(F)F)c1)c1cccc(CSc2ncnc3[nH]ncc23)c1. The summed E-state index contributed by atoms with van der Waals surface area (Å²) in [4.78, 5) is 20.8. The van der Waals surface area contributed by atoms with Crippen LogP contribution in [-0.2, 0) is 18.1 Å². The van der Waals surface area contributed by atoms with Crippen molar-refractivity contribution in [2.45, 2.75) is 23.1 Å². The molecule has 4 aromatic rings. The molecule has 0 spiro atoms. The van der Waals surface area contributed by atoms with E-state index in [1.807, 2.05) is 0 Å². The summed E-state index contributed by atoms with van der Waals surface area (Å²) >= 11 is 1.35. The van der Waals surface area contributed by atoms with E-state index >= 15 is 0 Å². The van der Waals surface area contributed by atoms with Gasteiger partial charge in [-0.05, 0) is 35.9 Å². The Morgan fingerprint density at radius 1 is 0.971 bits per heavy atom. The quantitative estimate of drug-likeness (QED) is 0.203. The first-order chi connectivity index (χ1) is 16.0. The molecule has 0 atom stereocenters. The van der Waals surface area contributed by atoms with Gasteiger partial charge in [-0.25, -0.2) is 9.97 Å². The summed E-state index contributed by atoms with van der Waals surface area (Å²) in [6.07, 6.45) is -7.08. The largest absolute Gasteiger partial charge is 0.416 e. The molecule has 6 nitrogen and oxygen atoms in total. The number of nitrogens with zero attached hydrogens (tertiary/aromatic N) is 3. The Kier molecular flexibility index (Phi) is 6.21. The molecule has 2 aromatic heterocycles. The van der Waals surface area contributed by atoms with Crippen LogP contribution in [0.5, 0.6) is 0 Å². The standard InChI is InChI=1S/C21H13F6N5OS/c22-20(23,24)13-5-14(21(25,26)27)7-15(6-13)31-18(33)12-3-1-2-11(4-12)9-34-19-16-8-30-32-17(16)28-10-29-19/h1-8,10H,9H2,(H,31,33)(H,28,29,30,32). The number of hydrogen-bond donors (Lipinski definition) is 2. The first-order valence-electron chi connectivity index (χ1n) is 9.47. The van der Waals surface area contributed by atoms with E-state index in [2.05, 4.69) is 25.5 Å². The van der Waals surface area contributed by atoms with Crippen LogP contribution in [0.25, 0.3) is 11.0 Å². The van der Waals surface area contributed by atoms with E-state index in [0.717, 1.165) is 0 Å². The smallest absolute Gasteiger partial charge is 0.322 e. The number of fused-ring (bicyclic) bond motifs is 1. The van der Waals surface area contributed by atoms with Gasteiger partial charge in [0.2, 0.25) is 0 Å². The Labute approximate surface area is 191 Å². The van der Waals surface area contributed by atoms with Crippen LogP contribution in [0.1, 0.15) is 27.0 Å². The molecule has 4 rings (SSSR count). The van der Waals surface area contributed by atoms with Crippen LogP contribution in [0.3, 0.4) is 0 Å². The van der Waals surface area contributed by atoms with Crippen LogP contribution >= 0.6 is 11.8 Å². The molecule has 2 aromatic carbocycles. The highest BCUT2D eigenvalue weighted by Gasteiger charge is 2.37. The molecule has 0 aliphatic heterocycles. The van der Waals surface area contributed by atoms with Gasteiger partial charge in [0.05, 0.1) is 22.7 Å². The number of amides is 1. The Hall–Kier alpha value is -3.61. The Morgan fingerprint density at radius 2 is 1.68 bits per heavy atom.